The van der Waals surface area contributed by atoms with Crippen LogP contribution in [0.3, 0.4) is 0 Å². The summed E-state index contributed by atoms with van der Waals surface area (Å²) in [6, 6.07) is 4.93. The van der Waals surface area contributed by atoms with Gasteiger partial charge in [-0.25, -0.2) is 8.42 Å². The average molecular weight is 300 g/mol. The van der Waals surface area contributed by atoms with E-state index in [1.807, 2.05) is 6.92 Å². The zero-order chi connectivity index (χ0) is 15.0. The van der Waals surface area contributed by atoms with Gasteiger partial charge in [0.15, 0.2) is 0 Å². The molecule has 0 saturated carbocycles. The van der Waals surface area contributed by atoms with Crippen molar-refractivity contribution in [3.63, 3.8) is 0 Å². The number of hydrogen-bond acceptors (Lipinski definition) is 5. The molecule has 20 heavy (non-hydrogen) atoms. The third-order valence-electron chi connectivity index (χ3n) is 3.32. The number of nitro groups is 1. The molecule has 1 aromatic rings. The molecule has 2 rings (SSSR count). The predicted octanol–water partition coefficient (Wildman–Crippen LogP) is 1.13. The van der Waals surface area contributed by atoms with E-state index in [0.29, 0.717) is 6.42 Å². The van der Waals surface area contributed by atoms with Gasteiger partial charge in [-0.1, -0.05) is 19.4 Å². The molecule has 1 heterocycles. The highest BCUT2D eigenvalue weighted by Gasteiger charge is 2.46. The number of nitrogens with zero attached hydrogens (tertiary/aromatic N) is 2. The van der Waals surface area contributed by atoms with Crippen LogP contribution in [0, 0.1) is 10.1 Å². The molecule has 0 spiro atoms. The zero-order valence-corrected chi connectivity index (χ0v) is 11.8. The van der Waals surface area contributed by atoms with Gasteiger partial charge in [0, 0.05) is 25.2 Å². The Morgan fingerprint density at radius 1 is 1.45 bits per heavy atom. The first-order valence-corrected chi connectivity index (χ1v) is 7.69. The van der Waals surface area contributed by atoms with Gasteiger partial charge in [-0.2, -0.15) is 4.31 Å². The Hall–Kier alpha value is -1.51. The van der Waals surface area contributed by atoms with Crippen molar-refractivity contribution in [2.75, 3.05) is 13.1 Å². The second kappa shape index (κ2) is 5.12. The number of sulfonamides is 1. The molecule has 0 aliphatic carbocycles. The molecule has 1 saturated heterocycles. The van der Waals surface area contributed by atoms with Crippen LogP contribution in [0.25, 0.3) is 0 Å². The van der Waals surface area contributed by atoms with Gasteiger partial charge in [0.05, 0.1) is 15.4 Å². The molecule has 7 nitrogen and oxygen atoms in total. The third kappa shape index (κ3) is 2.67. The van der Waals surface area contributed by atoms with Gasteiger partial charge in [-0.3, -0.25) is 10.1 Å². The van der Waals surface area contributed by atoms with Crippen molar-refractivity contribution in [1.29, 1.82) is 0 Å². The van der Waals surface area contributed by atoms with E-state index in [-0.39, 0.29) is 23.7 Å². The van der Waals surface area contributed by atoms with E-state index in [1.165, 1.54) is 18.2 Å². The highest BCUT2D eigenvalue weighted by Crippen LogP contribution is 2.32. The first-order valence-electron chi connectivity index (χ1n) is 6.25. The molecule has 0 aromatic heterocycles. The van der Waals surface area contributed by atoms with E-state index in [9.17, 15) is 23.6 Å². The molecule has 0 amide bonds. The molecule has 0 atom stereocenters. The Bertz CT molecular complexity index is 622. The average Bonchev–Trinajstić information content (AvgIpc) is 2.36. The summed E-state index contributed by atoms with van der Waals surface area (Å²) in [7, 11) is -3.78. The highest BCUT2D eigenvalue weighted by atomic mass is 32.2. The van der Waals surface area contributed by atoms with E-state index in [4.69, 9.17) is 0 Å². The summed E-state index contributed by atoms with van der Waals surface area (Å²) in [5.41, 5.74) is -1.24. The number of aliphatic hydroxyl groups is 1. The van der Waals surface area contributed by atoms with Crippen LogP contribution in [-0.2, 0) is 10.0 Å². The fourth-order valence-electron chi connectivity index (χ4n) is 2.31. The fourth-order valence-corrected chi connectivity index (χ4v) is 3.95. The monoisotopic (exact) mass is 300 g/mol. The molecule has 1 aliphatic heterocycles. The van der Waals surface area contributed by atoms with Gasteiger partial charge in [-0.05, 0) is 12.5 Å². The molecule has 1 fully saturated rings. The van der Waals surface area contributed by atoms with Crippen LogP contribution in [0.15, 0.2) is 29.2 Å². The highest BCUT2D eigenvalue weighted by molar-refractivity contribution is 7.89. The summed E-state index contributed by atoms with van der Waals surface area (Å²) >= 11 is 0. The van der Waals surface area contributed by atoms with Crippen LogP contribution in [0.5, 0.6) is 0 Å². The normalized spacial score (nSPS) is 18.5. The third-order valence-corrected chi connectivity index (χ3v) is 5.11. The number of rotatable bonds is 5. The minimum atomic E-state index is -3.78. The van der Waals surface area contributed by atoms with Crippen molar-refractivity contribution in [2.45, 2.75) is 30.3 Å². The van der Waals surface area contributed by atoms with E-state index < -0.39 is 20.5 Å². The van der Waals surface area contributed by atoms with Crippen LogP contribution < -0.4 is 0 Å². The van der Waals surface area contributed by atoms with Gasteiger partial charge in [0.25, 0.3) is 5.69 Å². The number of hydrogen-bond donors (Lipinski definition) is 1. The Morgan fingerprint density at radius 3 is 2.65 bits per heavy atom. The molecular formula is C12H16N2O5S. The van der Waals surface area contributed by atoms with Crippen LogP contribution in [0.2, 0.25) is 0 Å². The van der Waals surface area contributed by atoms with Crippen molar-refractivity contribution in [1.82, 2.24) is 4.31 Å². The van der Waals surface area contributed by atoms with E-state index in [1.54, 1.807) is 0 Å². The van der Waals surface area contributed by atoms with Crippen LogP contribution >= 0.6 is 0 Å². The molecule has 8 heteroatoms. The lowest BCUT2D eigenvalue weighted by atomic mass is 9.92. The summed E-state index contributed by atoms with van der Waals surface area (Å²) < 4.78 is 25.7. The van der Waals surface area contributed by atoms with Crippen LogP contribution in [0.4, 0.5) is 5.69 Å². The van der Waals surface area contributed by atoms with Gasteiger partial charge in [0.1, 0.15) is 0 Å². The van der Waals surface area contributed by atoms with Crippen molar-refractivity contribution in [3.8, 4) is 0 Å². The van der Waals surface area contributed by atoms with E-state index >= 15 is 0 Å². The molecule has 110 valence electrons. The summed E-state index contributed by atoms with van der Waals surface area (Å²) in [5.74, 6) is 0. The number of non-ortho nitro benzene ring substituents is 1. The maximum Gasteiger partial charge on any atom is 0.270 e. The lowest BCUT2D eigenvalue weighted by molar-refractivity contribution is -0.385. The van der Waals surface area contributed by atoms with Gasteiger partial charge in [0.2, 0.25) is 10.0 Å². The predicted molar refractivity (Wildman–Crippen MR) is 71.7 cm³/mol. The van der Waals surface area contributed by atoms with Gasteiger partial charge < -0.3 is 5.11 Å². The quantitative estimate of drug-likeness (QED) is 0.649. The minimum absolute atomic E-state index is 0.0336. The first kappa shape index (κ1) is 14.9. The Kier molecular flexibility index (Phi) is 3.81. The Morgan fingerprint density at radius 2 is 2.10 bits per heavy atom. The van der Waals surface area contributed by atoms with Crippen molar-refractivity contribution >= 4 is 15.7 Å². The van der Waals surface area contributed by atoms with Crippen LogP contribution in [0.1, 0.15) is 19.8 Å². The van der Waals surface area contributed by atoms with Gasteiger partial charge >= 0.3 is 0 Å². The maximum absolute atomic E-state index is 12.3. The molecule has 1 N–H and O–H groups in total. The van der Waals surface area contributed by atoms with E-state index in [2.05, 4.69) is 0 Å². The minimum Gasteiger partial charge on any atom is -0.387 e. The second-order valence-electron chi connectivity index (χ2n) is 5.00. The summed E-state index contributed by atoms with van der Waals surface area (Å²) in [6.45, 7) is 1.98. The first-order chi connectivity index (χ1) is 9.28. The van der Waals surface area contributed by atoms with Crippen LogP contribution in [-0.4, -0.2) is 41.4 Å². The molecule has 1 aromatic carbocycles. The van der Waals surface area contributed by atoms with Gasteiger partial charge in [-0.15, -0.1) is 0 Å². The van der Waals surface area contributed by atoms with Crippen molar-refractivity contribution in [3.05, 3.63) is 34.4 Å². The van der Waals surface area contributed by atoms with Crippen molar-refractivity contribution in [2.24, 2.45) is 0 Å². The summed E-state index contributed by atoms with van der Waals surface area (Å²) in [5, 5.41) is 20.7. The smallest absolute Gasteiger partial charge is 0.270 e. The largest absolute Gasteiger partial charge is 0.387 e. The second-order valence-corrected chi connectivity index (χ2v) is 6.94. The molecule has 0 radical (unpaired) electrons. The summed E-state index contributed by atoms with van der Waals surface area (Å²) in [6.07, 6.45) is 1.30. The molecule has 1 aliphatic rings. The molecular weight excluding hydrogens is 284 g/mol. The SMILES string of the molecule is CCCC1(O)CN(S(=O)(=O)c2cccc([N+](=O)[O-])c2)C1. The Balaban J connectivity index is 2.21. The number of nitro benzene ring substituents is 1. The number of β-amino-alcohol motifs (C(OH)–C–C–N with tert-alkyl or cyclic N) is 1. The fraction of sp³-hybridized carbons (Fsp3) is 0.500. The maximum atomic E-state index is 12.3. The molecule has 0 bridgehead atoms. The standard InChI is InChI=1S/C12H16N2O5S/c1-2-6-12(15)8-13(9-12)20(18,19)11-5-3-4-10(7-11)14(16)17/h3-5,7,15H,2,6,8-9H2,1H3. The number of benzene rings is 1. The topological polar surface area (TPSA) is 101 Å². The zero-order valence-electron chi connectivity index (χ0n) is 11.0. The molecule has 0 unspecified atom stereocenters. The lowest BCUT2D eigenvalue weighted by Gasteiger charge is -2.45. The Labute approximate surface area is 117 Å². The summed E-state index contributed by atoms with van der Waals surface area (Å²) in [4.78, 5) is 9.92. The van der Waals surface area contributed by atoms with E-state index in [0.717, 1.165) is 16.8 Å². The van der Waals surface area contributed by atoms with Crippen molar-refractivity contribution < 1.29 is 18.4 Å². The lowest BCUT2D eigenvalue weighted by Crippen LogP contribution is -2.63.